The molecule has 0 aliphatic carbocycles. The van der Waals surface area contributed by atoms with Gasteiger partial charge in [-0.25, -0.2) is 4.57 Å². The van der Waals surface area contributed by atoms with Gasteiger partial charge in [0.05, 0.1) is 19.8 Å². The Balaban J connectivity index is 4.58. The van der Waals surface area contributed by atoms with Gasteiger partial charge in [0, 0.05) is 19.3 Å². The van der Waals surface area contributed by atoms with Crippen LogP contribution in [0, 0.1) is 0 Å². The van der Waals surface area contributed by atoms with E-state index in [1.54, 1.807) is 0 Å². The zero-order valence-corrected chi connectivity index (χ0v) is 49.5. The van der Waals surface area contributed by atoms with Crippen molar-refractivity contribution in [1.29, 1.82) is 0 Å². The Hall–Kier alpha value is -1.78. The highest BCUT2D eigenvalue weighted by Crippen LogP contribution is 2.43. The number of carbonyl (C=O) groups is 3. The number of aliphatic hydroxyl groups excluding tert-OH is 1. The molecule has 0 saturated heterocycles. The fourth-order valence-electron chi connectivity index (χ4n) is 9.35. The van der Waals surface area contributed by atoms with Gasteiger partial charge in [-0.3, -0.25) is 23.4 Å². The first-order chi connectivity index (χ1) is 36.2. The predicted octanol–water partition coefficient (Wildman–Crippen LogP) is 18.8. The highest BCUT2D eigenvalue weighted by molar-refractivity contribution is 7.47. The Labute approximate surface area is 456 Å². The van der Waals surface area contributed by atoms with E-state index in [0.717, 1.165) is 64.2 Å². The molecule has 12 heteroatoms. The van der Waals surface area contributed by atoms with Crippen molar-refractivity contribution in [3.63, 3.8) is 0 Å². The first-order valence-corrected chi connectivity index (χ1v) is 33.1. The summed E-state index contributed by atoms with van der Waals surface area (Å²) in [5, 5.41) is 9.84. The van der Waals surface area contributed by atoms with E-state index in [-0.39, 0.29) is 25.9 Å². The number of aliphatic hydroxyl groups is 1. The summed E-state index contributed by atoms with van der Waals surface area (Å²) in [7, 11) is -4.74. The fourth-order valence-corrected chi connectivity index (χ4v) is 10.1. The molecular formula is C62H119O11P. The first kappa shape index (κ1) is 72.2. The molecular weight excluding hydrogens is 952 g/mol. The van der Waals surface area contributed by atoms with Crippen molar-refractivity contribution in [3.8, 4) is 0 Å². The van der Waals surface area contributed by atoms with Crippen LogP contribution in [0.1, 0.15) is 329 Å². The zero-order valence-electron chi connectivity index (χ0n) is 48.6. The van der Waals surface area contributed by atoms with Crippen molar-refractivity contribution in [2.75, 3.05) is 26.4 Å². The Bertz CT molecular complexity index is 1290. The molecule has 0 aliphatic rings. The second-order valence-corrected chi connectivity index (χ2v) is 23.0. The molecule has 2 N–H and O–H groups in total. The topological polar surface area (TPSA) is 155 Å². The predicted molar refractivity (Wildman–Crippen MR) is 307 cm³/mol. The van der Waals surface area contributed by atoms with Gasteiger partial charge in [-0.1, -0.05) is 277 Å². The summed E-state index contributed by atoms with van der Waals surface area (Å²) < 4.78 is 39.6. The molecule has 0 aromatic heterocycles. The summed E-state index contributed by atoms with van der Waals surface area (Å²) in [4.78, 5) is 48.6. The van der Waals surface area contributed by atoms with Crippen LogP contribution in [0.3, 0.4) is 0 Å². The fraction of sp³-hybridized carbons (Fsp3) is 0.919. The largest absolute Gasteiger partial charge is 0.472 e. The molecule has 74 heavy (non-hydrogen) atoms. The summed E-state index contributed by atoms with van der Waals surface area (Å²) in [5.41, 5.74) is 0. The molecule has 0 radical (unpaired) electrons. The van der Waals surface area contributed by atoms with Crippen LogP contribution in [0.2, 0.25) is 0 Å². The van der Waals surface area contributed by atoms with Crippen LogP contribution in [0.25, 0.3) is 0 Å². The third kappa shape index (κ3) is 55.0. The SMILES string of the molecule is CCCCCCCC/C=C\CCCCCCCCCC(=O)OC(CO)COP(=O)(O)OCC(COC(=O)CCCCCCCCCCCCC)OC(=O)CCCCCCCCCCCCCCCCCCCCC. The number of hydrogen-bond donors (Lipinski definition) is 2. The molecule has 0 fully saturated rings. The number of phosphoric acid groups is 1. The van der Waals surface area contributed by atoms with Crippen LogP contribution in [-0.2, 0) is 42.2 Å². The summed E-state index contributed by atoms with van der Waals surface area (Å²) >= 11 is 0. The number of esters is 3. The number of phosphoric ester groups is 1. The zero-order chi connectivity index (χ0) is 54.1. The van der Waals surface area contributed by atoms with E-state index >= 15 is 0 Å². The van der Waals surface area contributed by atoms with Gasteiger partial charge in [0.2, 0.25) is 0 Å². The normalized spacial score (nSPS) is 13.3. The van der Waals surface area contributed by atoms with Crippen LogP contribution < -0.4 is 0 Å². The average Bonchev–Trinajstić information content (AvgIpc) is 3.39. The Morgan fingerprint density at radius 2 is 0.622 bits per heavy atom. The average molecular weight is 1070 g/mol. The van der Waals surface area contributed by atoms with Crippen molar-refractivity contribution < 1.29 is 52.2 Å². The number of allylic oxidation sites excluding steroid dienone is 2. The lowest BCUT2D eigenvalue weighted by atomic mass is 10.0. The maximum atomic E-state index is 12.9. The molecule has 0 rings (SSSR count). The lowest BCUT2D eigenvalue weighted by Gasteiger charge is -2.21. The molecule has 11 nitrogen and oxygen atoms in total. The van der Waals surface area contributed by atoms with Crippen molar-refractivity contribution in [3.05, 3.63) is 12.2 Å². The van der Waals surface area contributed by atoms with E-state index in [2.05, 4.69) is 32.9 Å². The van der Waals surface area contributed by atoms with E-state index in [1.165, 1.54) is 205 Å². The standard InChI is InChI=1S/C62H119O11P/c1-4-7-10-13-16-19-22-24-26-28-29-31-33-35-38-41-44-47-50-53-62(66)73-59(55-69-60(64)51-48-45-42-39-36-21-18-15-12-9-6-3)57-71-74(67,68)70-56-58(54-63)72-61(65)52-49-46-43-40-37-34-32-30-27-25-23-20-17-14-11-8-5-2/h25,27,58-59,63H,4-24,26,28-57H2,1-3H3,(H,67,68)/b27-25-. The molecule has 0 heterocycles. The van der Waals surface area contributed by atoms with Crippen molar-refractivity contribution >= 4 is 25.7 Å². The van der Waals surface area contributed by atoms with Gasteiger partial charge in [0.15, 0.2) is 6.10 Å². The quantitative estimate of drug-likeness (QED) is 0.0197. The maximum absolute atomic E-state index is 12.9. The number of ether oxygens (including phenoxy) is 3. The Kier molecular flexibility index (Phi) is 56.0. The van der Waals surface area contributed by atoms with Crippen LogP contribution in [0.4, 0.5) is 0 Å². The summed E-state index contributed by atoms with van der Waals surface area (Å²) in [6.07, 6.45) is 57.4. The lowest BCUT2D eigenvalue weighted by Crippen LogP contribution is -2.30. The Morgan fingerprint density at radius 1 is 0.365 bits per heavy atom. The number of hydrogen-bond acceptors (Lipinski definition) is 10. The Morgan fingerprint density at radius 3 is 0.932 bits per heavy atom. The van der Waals surface area contributed by atoms with E-state index in [9.17, 15) is 28.9 Å². The number of rotatable bonds is 60. The third-order valence-corrected chi connectivity index (χ3v) is 15.1. The van der Waals surface area contributed by atoms with Gasteiger partial charge >= 0.3 is 25.7 Å². The van der Waals surface area contributed by atoms with Crippen LogP contribution in [0.15, 0.2) is 12.2 Å². The van der Waals surface area contributed by atoms with Crippen LogP contribution in [-0.4, -0.2) is 66.5 Å². The molecule has 3 unspecified atom stereocenters. The molecule has 0 amide bonds. The minimum Gasteiger partial charge on any atom is -0.462 e. The number of unbranched alkanes of at least 4 members (excludes halogenated alkanes) is 41. The third-order valence-electron chi connectivity index (χ3n) is 14.2. The van der Waals surface area contributed by atoms with Gasteiger partial charge in [-0.05, 0) is 44.9 Å². The highest BCUT2D eigenvalue weighted by Gasteiger charge is 2.28. The van der Waals surface area contributed by atoms with Gasteiger partial charge < -0.3 is 24.2 Å². The van der Waals surface area contributed by atoms with Gasteiger partial charge in [0.1, 0.15) is 12.7 Å². The lowest BCUT2D eigenvalue weighted by molar-refractivity contribution is -0.161. The van der Waals surface area contributed by atoms with Crippen LogP contribution >= 0.6 is 7.82 Å². The second-order valence-electron chi connectivity index (χ2n) is 21.6. The van der Waals surface area contributed by atoms with E-state index in [4.69, 9.17) is 23.3 Å². The summed E-state index contributed by atoms with van der Waals surface area (Å²) in [6.45, 7) is 4.71. The molecule has 0 aliphatic heterocycles. The molecule has 0 aromatic carbocycles. The number of carbonyl (C=O) groups excluding carboxylic acids is 3. The van der Waals surface area contributed by atoms with Gasteiger partial charge in [-0.2, -0.15) is 0 Å². The summed E-state index contributed by atoms with van der Waals surface area (Å²) in [5.74, 6) is -1.43. The maximum Gasteiger partial charge on any atom is 0.472 e. The van der Waals surface area contributed by atoms with E-state index in [1.807, 2.05) is 0 Å². The molecule has 0 bridgehead atoms. The smallest absolute Gasteiger partial charge is 0.462 e. The molecule has 3 atom stereocenters. The van der Waals surface area contributed by atoms with Gasteiger partial charge in [0.25, 0.3) is 0 Å². The molecule has 438 valence electrons. The highest BCUT2D eigenvalue weighted by atomic mass is 31.2. The molecule has 0 spiro atoms. The first-order valence-electron chi connectivity index (χ1n) is 31.6. The monoisotopic (exact) mass is 1070 g/mol. The summed E-state index contributed by atoms with van der Waals surface area (Å²) in [6, 6.07) is 0. The van der Waals surface area contributed by atoms with Gasteiger partial charge in [-0.15, -0.1) is 0 Å². The van der Waals surface area contributed by atoms with Crippen molar-refractivity contribution in [2.24, 2.45) is 0 Å². The molecule has 0 aromatic rings. The second kappa shape index (κ2) is 57.4. The van der Waals surface area contributed by atoms with Crippen LogP contribution in [0.5, 0.6) is 0 Å². The van der Waals surface area contributed by atoms with Crippen molar-refractivity contribution in [1.82, 2.24) is 0 Å². The van der Waals surface area contributed by atoms with E-state index < -0.39 is 57.8 Å². The molecule has 0 saturated carbocycles. The van der Waals surface area contributed by atoms with Crippen molar-refractivity contribution in [2.45, 2.75) is 341 Å². The van der Waals surface area contributed by atoms with E-state index in [0.29, 0.717) is 19.3 Å². The minimum atomic E-state index is -4.74. The minimum absolute atomic E-state index is 0.177.